The lowest BCUT2D eigenvalue weighted by Gasteiger charge is -2.40. The highest BCUT2D eigenvalue weighted by atomic mass is 16.5. The lowest BCUT2D eigenvalue weighted by atomic mass is 10.0. The maximum Gasteiger partial charge on any atom is 0.274 e. The highest BCUT2D eigenvalue weighted by molar-refractivity contribution is 5.93. The van der Waals surface area contributed by atoms with Crippen molar-refractivity contribution in [2.45, 2.75) is 39.0 Å². The minimum atomic E-state index is -1.03. The van der Waals surface area contributed by atoms with E-state index < -0.39 is 18.2 Å². The molecule has 0 unspecified atom stereocenters. The third-order valence-electron chi connectivity index (χ3n) is 4.42. The third kappa shape index (κ3) is 3.68. The van der Waals surface area contributed by atoms with Crippen LogP contribution in [0.1, 0.15) is 29.9 Å². The van der Waals surface area contributed by atoms with Gasteiger partial charge >= 0.3 is 0 Å². The summed E-state index contributed by atoms with van der Waals surface area (Å²) in [5.41, 5.74) is 2.09. The van der Waals surface area contributed by atoms with Crippen LogP contribution >= 0.6 is 0 Å². The maximum atomic E-state index is 13.1. The van der Waals surface area contributed by atoms with Crippen molar-refractivity contribution in [3.05, 3.63) is 35.8 Å². The van der Waals surface area contributed by atoms with Crippen molar-refractivity contribution in [2.24, 2.45) is 5.92 Å². The zero-order valence-electron chi connectivity index (χ0n) is 14.8. The van der Waals surface area contributed by atoms with Gasteiger partial charge in [0.15, 0.2) is 0 Å². The number of aromatic nitrogens is 2. The first-order valence-electron chi connectivity index (χ1n) is 8.57. The number of aryl methyl sites for hydroxylation is 1. The van der Waals surface area contributed by atoms with Gasteiger partial charge < -0.3 is 24.3 Å². The van der Waals surface area contributed by atoms with Crippen molar-refractivity contribution in [3.8, 4) is 0 Å². The summed E-state index contributed by atoms with van der Waals surface area (Å²) in [6, 6.07) is 3.26. The number of aliphatic hydroxyl groups excluding tert-OH is 2. The molecule has 3 rings (SSSR count). The molecule has 2 aromatic rings. The number of carbonyl (C=O) groups excluding carboxylic acids is 1. The van der Waals surface area contributed by atoms with Crippen molar-refractivity contribution < 1.29 is 19.7 Å². The molecule has 3 atom stereocenters. The number of carbonyl (C=O) groups is 1. The zero-order chi connectivity index (χ0) is 18.1. The van der Waals surface area contributed by atoms with Crippen LogP contribution < -0.4 is 0 Å². The minimum Gasteiger partial charge on any atom is -0.388 e. The molecule has 0 bridgehead atoms. The molecule has 2 N–H and O–H groups in total. The summed E-state index contributed by atoms with van der Waals surface area (Å²) in [5.74, 6) is -0.0636. The predicted molar refractivity (Wildman–Crippen MR) is 92.4 cm³/mol. The third-order valence-corrected chi connectivity index (χ3v) is 4.42. The number of aliphatic hydroxyl groups is 2. The molecule has 0 spiro atoms. The summed E-state index contributed by atoms with van der Waals surface area (Å²) in [5, 5.41) is 20.2. The quantitative estimate of drug-likeness (QED) is 0.857. The number of amides is 1. The van der Waals surface area contributed by atoms with Crippen molar-refractivity contribution in [2.75, 3.05) is 19.8 Å². The molecule has 2 aromatic heterocycles. The van der Waals surface area contributed by atoms with E-state index in [9.17, 15) is 15.0 Å². The van der Waals surface area contributed by atoms with E-state index >= 15 is 0 Å². The number of ether oxygens (including phenoxy) is 1. The number of hydrogen-bond donors (Lipinski definition) is 2. The van der Waals surface area contributed by atoms with Crippen LogP contribution in [0, 0.1) is 12.8 Å². The van der Waals surface area contributed by atoms with Crippen LogP contribution in [0.2, 0.25) is 0 Å². The van der Waals surface area contributed by atoms with Gasteiger partial charge in [0.1, 0.15) is 23.5 Å². The standard InChI is InChI=1S/C18H25N3O4/c1-11(2)7-21(14-9-25-10-15(22)17(14)23)18(24)13-8-20-5-4-12(3)6-16(20)19-13/h4-6,8,11,14-15,17,22-23H,7,9-10H2,1-3H3/t14-,15-,17+/m1/s1. The Bertz CT molecular complexity index is 758. The van der Waals surface area contributed by atoms with E-state index in [2.05, 4.69) is 4.98 Å². The molecule has 0 aromatic carbocycles. The first kappa shape index (κ1) is 17.8. The summed E-state index contributed by atoms with van der Waals surface area (Å²) in [4.78, 5) is 19.1. The Kier molecular flexibility index (Phi) is 5.08. The van der Waals surface area contributed by atoms with Gasteiger partial charge in [-0.25, -0.2) is 4.98 Å². The molecule has 0 aliphatic carbocycles. The Morgan fingerprint density at radius 3 is 2.92 bits per heavy atom. The Labute approximate surface area is 146 Å². The number of nitrogens with zero attached hydrogens (tertiary/aromatic N) is 3. The van der Waals surface area contributed by atoms with Gasteiger partial charge in [0.05, 0.1) is 19.3 Å². The van der Waals surface area contributed by atoms with Gasteiger partial charge in [0, 0.05) is 18.9 Å². The zero-order valence-corrected chi connectivity index (χ0v) is 14.8. The molecule has 0 saturated carbocycles. The monoisotopic (exact) mass is 347 g/mol. The Morgan fingerprint density at radius 2 is 2.20 bits per heavy atom. The molecule has 1 aliphatic rings. The van der Waals surface area contributed by atoms with E-state index in [0.717, 1.165) is 5.56 Å². The SMILES string of the molecule is Cc1ccn2cc(C(=O)N(CC(C)C)[C@@H]3COC[C@@H](O)[C@H]3O)nc2c1. The van der Waals surface area contributed by atoms with E-state index in [1.165, 1.54) is 0 Å². The first-order chi connectivity index (χ1) is 11.9. The molecule has 0 radical (unpaired) electrons. The van der Waals surface area contributed by atoms with Gasteiger partial charge in [-0.05, 0) is 30.5 Å². The fourth-order valence-electron chi connectivity index (χ4n) is 3.13. The topological polar surface area (TPSA) is 87.3 Å². The van der Waals surface area contributed by atoms with Gasteiger partial charge in [-0.1, -0.05) is 13.8 Å². The number of rotatable bonds is 4. The van der Waals surface area contributed by atoms with Gasteiger partial charge in [0.2, 0.25) is 0 Å². The van der Waals surface area contributed by atoms with Crippen molar-refractivity contribution in [1.82, 2.24) is 14.3 Å². The van der Waals surface area contributed by atoms with Crippen LogP contribution in [0.3, 0.4) is 0 Å². The smallest absolute Gasteiger partial charge is 0.274 e. The Balaban J connectivity index is 1.92. The van der Waals surface area contributed by atoms with Gasteiger partial charge in [-0.15, -0.1) is 0 Å². The number of hydrogen-bond acceptors (Lipinski definition) is 5. The lowest BCUT2D eigenvalue weighted by molar-refractivity contribution is -0.126. The van der Waals surface area contributed by atoms with E-state index in [1.54, 1.807) is 15.5 Å². The average molecular weight is 347 g/mol. The molecule has 1 amide bonds. The molecular formula is C18H25N3O4. The van der Waals surface area contributed by atoms with Crippen LogP contribution in [0.5, 0.6) is 0 Å². The minimum absolute atomic E-state index is 0.0784. The largest absolute Gasteiger partial charge is 0.388 e. The molecule has 7 nitrogen and oxygen atoms in total. The van der Waals surface area contributed by atoms with Crippen LogP contribution in [0.25, 0.3) is 5.65 Å². The lowest BCUT2D eigenvalue weighted by Crippen LogP contribution is -2.58. The Morgan fingerprint density at radius 1 is 1.44 bits per heavy atom. The second-order valence-corrected chi connectivity index (χ2v) is 7.11. The first-order valence-corrected chi connectivity index (χ1v) is 8.57. The van der Waals surface area contributed by atoms with Gasteiger partial charge in [-0.2, -0.15) is 0 Å². The van der Waals surface area contributed by atoms with Crippen molar-refractivity contribution in [1.29, 1.82) is 0 Å². The van der Waals surface area contributed by atoms with Crippen molar-refractivity contribution in [3.63, 3.8) is 0 Å². The summed E-state index contributed by atoms with van der Waals surface area (Å²) in [6.45, 7) is 6.69. The van der Waals surface area contributed by atoms with Crippen LogP contribution in [-0.2, 0) is 4.74 Å². The highest BCUT2D eigenvalue weighted by Crippen LogP contribution is 2.20. The maximum absolute atomic E-state index is 13.1. The normalized spacial score (nSPS) is 24.0. The second-order valence-electron chi connectivity index (χ2n) is 7.11. The highest BCUT2D eigenvalue weighted by Gasteiger charge is 2.38. The summed E-state index contributed by atoms with van der Waals surface area (Å²) < 4.78 is 7.16. The molecule has 1 aliphatic heterocycles. The molecule has 3 heterocycles. The van der Waals surface area contributed by atoms with E-state index in [-0.39, 0.29) is 25.0 Å². The average Bonchev–Trinajstić information content (AvgIpc) is 2.97. The van der Waals surface area contributed by atoms with Crippen molar-refractivity contribution >= 4 is 11.6 Å². The molecule has 136 valence electrons. The number of pyridine rings is 1. The molecule has 25 heavy (non-hydrogen) atoms. The molecule has 1 fully saturated rings. The van der Waals surface area contributed by atoms with Gasteiger partial charge in [-0.3, -0.25) is 4.79 Å². The summed E-state index contributed by atoms with van der Waals surface area (Å²) in [6.07, 6.45) is 1.53. The fourth-order valence-corrected chi connectivity index (χ4v) is 3.13. The van der Waals surface area contributed by atoms with Crippen LogP contribution in [0.4, 0.5) is 0 Å². The second kappa shape index (κ2) is 7.11. The summed E-state index contributed by atoms with van der Waals surface area (Å²) >= 11 is 0. The fraction of sp³-hybridized carbons (Fsp3) is 0.556. The molecule has 1 saturated heterocycles. The Hall–Kier alpha value is -1.96. The van der Waals surface area contributed by atoms with Crippen LogP contribution in [0.15, 0.2) is 24.5 Å². The van der Waals surface area contributed by atoms with E-state index in [0.29, 0.717) is 17.9 Å². The molecular weight excluding hydrogens is 322 g/mol. The van der Waals surface area contributed by atoms with E-state index in [1.807, 2.05) is 39.1 Å². The molecule has 7 heteroatoms. The van der Waals surface area contributed by atoms with Gasteiger partial charge in [0.25, 0.3) is 5.91 Å². The number of fused-ring (bicyclic) bond motifs is 1. The van der Waals surface area contributed by atoms with Crippen LogP contribution in [-0.4, -0.2) is 68.4 Å². The van der Waals surface area contributed by atoms with E-state index in [4.69, 9.17) is 4.74 Å². The predicted octanol–water partition coefficient (Wildman–Crippen LogP) is 0.862. The summed E-state index contributed by atoms with van der Waals surface area (Å²) in [7, 11) is 0. The number of imidazole rings is 1.